The summed E-state index contributed by atoms with van der Waals surface area (Å²) in [6.45, 7) is 1.02. The van der Waals surface area contributed by atoms with E-state index in [-0.39, 0.29) is 23.7 Å². The molecule has 0 aliphatic heterocycles. The fourth-order valence-electron chi connectivity index (χ4n) is 2.90. The molecule has 1 N–H and O–H groups in total. The summed E-state index contributed by atoms with van der Waals surface area (Å²) in [4.78, 5) is 26.4. The summed E-state index contributed by atoms with van der Waals surface area (Å²) in [7, 11) is 1.79. The normalized spacial score (nSPS) is 18.5. The van der Waals surface area contributed by atoms with Gasteiger partial charge in [0.05, 0.1) is 11.8 Å². The van der Waals surface area contributed by atoms with Crippen LogP contribution in [0.4, 0.5) is 0 Å². The fourth-order valence-corrected chi connectivity index (χ4v) is 3.02. The Labute approximate surface area is 152 Å². The maximum absolute atomic E-state index is 12.5. The summed E-state index contributed by atoms with van der Waals surface area (Å²) in [5, 5.41) is 3.57. The van der Waals surface area contributed by atoms with Gasteiger partial charge in [0.2, 0.25) is 11.8 Å². The standard InChI is InChI=1S/C20H21ClN2O2/c1-23(13-15-5-3-2-4-6-15)20(25)18-11-17(18)19(24)22-12-14-7-9-16(21)10-8-14/h2-10,17-18H,11-13H2,1H3,(H,22,24). The predicted octanol–water partition coefficient (Wildman–Crippen LogP) is 3.25. The molecule has 5 heteroatoms. The summed E-state index contributed by atoms with van der Waals surface area (Å²) >= 11 is 5.85. The first-order chi connectivity index (χ1) is 12.0. The van der Waals surface area contributed by atoms with Gasteiger partial charge in [-0.2, -0.15) is 0 Å². The van der Waals surface area contributed by atoms with Gasteiger partial charge in [0.1, 0.15) is 0 Å². The molecule has 0 bridgehead atoms. The van der Waals surface area contributed by atoms with Crippen molar-refractivity contribution in [3.05, 3.63) is 70.7 Å². The quantitative estimate of drug-likeness (QED) is 0.863. The Morgan fingerprint density at radius 2 is 1.72 bits per heavy atom. The average Bonchev–Trinajstić information content (AvgIpc) is 3.42. The number of nitrogens with one attached hydrogen (secondary N) is 1. The molecule has 2 aromatic rings. The minimum absolute atomic E-state index is 0.0375. The van der Waals surface area contributed by atoms with E-state index in [9.17, 15) is 9.59 Å². The van der Waals surface area contributed by atoms with Crippen LogP contribution >= 0.6 is 11.6 Å². The molecule has 1 fully saturated rings. The first-order valence-corrected chi connectivity index (χ1v) is 8.73. The van der Waals surface area contributed by atoms with E-state index in [1.54, 1.807) is 24.1 Å². The molecule has 130 valence electrons. The number of carbonyl (C=O) groups excluding carboxylic acids is 2. The maximum Gasteiger partial charge on any atom is 0.226 e. The Hall–Kier alpha value is -2.33. The summed E-state index contributed by atoms with van der Waals surface area (Å²) in [6.07, 6.45) is 0.629. The lowest BCUT2D eigenvalue weighted by Crippen LogP contribution is -2.31. The summed E-state index contributed by atoms with van der Waals surface area (Å²) in [5.41, 5.74) is 2.07. The van der Waals surface area contributed by atoms with Crippen LogP contribution in [0.25, 0.3) is 0 Å². The van der Waals surface area contributed by atoms with E-state index in [4.69, 9.17) is 11.6 Å². The number of halogens is 1. The molecular weight excluding hydrogens is 336 g/mol. The first-order valence-electron chi connectivity index (χ1n) is 8.35. The van der Waals surface area contributed by atoms with Gasteiger partial charge >= 0.3 is 0 Å². The largest absolute Gasteiger partial charge is 0.352 e. The minimum Gasteiger partial charge on any atom is -0.352 e. The molecule has 3 rings (SSSR count). The van der Waals surface area contributed by atoms with E-state index in [0.717, 1.165) is 11.1 Å². The second-order valence-electron chi connectivity index (χ2n) is 6.47. The molecule has 2 unspecified atom stereocenters. The maximum atomic E-state index is 12.5. The Morgan fingerprint density at radius 3 is 2.40 bits per heavy atom. The lowest BCUT2D eigenvalue weighted by molar-refractivity contribution is -0.134. The first kappa shape index (κ1) is 17.5. The molecule has 25 heavy (non-hydrogen) atoms. The van der Waals surface area contributed by atoms with Gasteiger partial charge in [0.25, 0.3) is 0 Å². The third kappa shape index (κ3) is 4.60. The number of nitrogens with zero attached hydrogens (tertiary/aromatic N) is 1. The third-order valence-electron chi connectivity index (χ3n) is 4.46. The van der Waals surface area contributed by atoms with E-state index in [1.165, 1.54) is 0 Å². The van der Waals surface area contributed by atoms with Gasteiger partial charge in [0, 0.05) is 25.2 Å². The molecule has 0 heterocycles. The number of benzene rings is 2. The number of amides is 2. The topological polar surface area (TPSA) is 49.4 Å². The van der Waals surface area contributed by atoms with E-state index in [2.05, 4.69) is 5.32 Å². The van der Waals surface area contributed by atoms with Crippen LogP contribution in [0.5, 0.6) is 0 Å². The van der Waals surface area contributed by atoms with E-state index in [0.29, 0.717) is 24.5 Å². The Morgan fingerprint density at radius 1 is 1.04 bits per heavy atom. The molecule has 1 aliphatic rings. The smallest absolute Gasteiger partial charge is 0.226 e. The monoisotopic (exact) mass is 356 g/mol. The number of rotatable bonds is 6. The molecule has 0 radical (unpaired) electrons. The molecule has 1 saturated carbocycles. The van der Waals surface area contributed by atoms with Gasteiger partial charge in [-0.3, -0.25) is 9.59 Å². The Bertz CT molecular complexity index is 746. The second kappa shape index (κ2) is 7.70. The van der Waals surface area contributed by atoms with E-state index < -0.39 is 0 Å². The highest BCUT2D eigenvalue weighted by molar-refractivity contribution is 6.30. The lowest BCUT2D eigenvalue weighted by atomic mass is 10.2. The fraction of sp³-hybridized carbons (Fsp3) is 0.300. The highest BCUT2D eigenvalue weighted by Gasteiger charge is 2.48. The number of carbonyl (C=O) groups is 2. The molecule has 2 amide bonds. The molecule has 0 aromatic heterocycles. The van der Waals surface area contributed by atoms with Gasteiger partial charge in [-0.05, 0) is 29.7 Å². The second-order valence-corrected chi connectivity index (χ2v) is 6.91. The van der Waals surface area contributed by atoms with Crippen LogP contribution in [0.1, 0.15) is 17.5 Å². The van der Waals surface area contributed by atoms with Crippen molar-refractivity contribution >= 4 is 23.4 Å². The van der Waals surface area contributed by atoms with Crippen molar-refractivity contribution in [3.8, 4) is 0 Å². The molecule has 1 aliphatic carbocycles. The average molecular weight is 357 g/mol. The Balaban J connectivity index is 1.47. The number of hydrogen-bond donors (Lipinski definition) is 1. The van der Waals surface area contributed by atoms with Crippen molar-refractivity contribution in [2.75, 3.05) is 7.05 Å². The van der Waals surface area contributed by atoms with Gasteiger partial charge in [0.15, 0.2) is 0 Å². The zero-order valence-electron chi connectivity index (χ0n) is 14.1. The van der Waals surface area contributed by atoms with Crippen LogP contribution < -0.4 is 5.32 Å². The van der Waals surface area contributed by atoms with Crippen molar-refractivity contribution < 1.29 is 9.59 Å². The van der Waals surface area contributed by atoms with E-state index >= 15 is 0 Å². The highest BCUT2D eigenvalue weighted by Crippen LogP contribution is 2.40. The molecule has 4 nitrogen and oxygen atoms in total. The Kier molecular flexibility index (Phi) is 5.39. The van der Waals surface area contributed by atoms with Gasteiger partial charge < -0.3 is 10.2 Å². The van der Waals surface area contributed by atoms with Crippen LogP contribution in [0, 0.1) is 11.8 Å². The zero-order chi connectivity index (χ0) is 17.8. The highest BCUT2D eigenvalue weighted by atomic mass is 35.5. The van der Waals surface area contributed by atoms with Crippen molar-refractivity contribution in [1.29, 1.82) is 0 Å². The summed E-state index contributed by atoms with van der Waals surface area (Å²) in [6, 6.07) is 17.2. The van der Waals surface area contributed by atoms with Gasteiger partial charge in [-0.15, -0.1) is 0 Å². The van der Waals surface area contributed by atoms with Gasteiger partial charge in [-0.25, -0.2) is 0 Å². The van der Waals surface area contributed by atoms with Crippen LogP contribution in [-0.4, -0.2) is 23.8 Å². The molecule has 2 atom stereocenters. The van der Waals surface area contributed by atoms with Crippen molar-refractivity contribution in [2.45, 2.75) is 19.5 Å². The van der Waals surface area contributed by atoms with Crippen molar-refractivity contribution in [2.24, 2.45) is 11.8 Å². The SMILES string of the molecule is CN(Cc1ccccc1)C(=O)C1CC1C(=O)NCc1ccc(Cl)cc1. The van der Waals surface area contributed by atoms with Gasteiger partial charge in [-0.1, -0.05) is 54.1 Å². The summed E-state index contributed by atoms with van der Waals surface area (Å²) in [5.74, 6) is -0.422. The van der Waals surface area contributed by atoms with Crippen LogP contribution in [-0.2, 0) is 22.7 Å². The molecule has 0 spiro atoms. The molecule has 2 aromatic carbocycles. The lowest BCUT2D eigenvalue weighted by Gasteiger charge is -2.17. The minimum atomic E-state index is -0.210. The van der Waals surface area contributed by atoms with Crippen LogP contribution in [0.2, 0.25) is 5.02 Å². The number of hydrogen-bond acceptors (Lipinski definition) is 2. The van der Waals surface area contributed by atoms with Crippen LogP contribution in [0.15, 0.2) is 54.6 Å². The van der Waals surface area contributed by atoms with Crippen LogP contribution in [0.3, 0.4) is 0 Å². The summed E-state index contributed by atoms with van der Waals surface area (Å²) < 4.78 is 0. The molecular formula is C20H21ClN2O2. The predicted molar refractivity (Wildman–Crippen MR) is 97.8 cm³/mol. The molecule has 0 saturated heterocycles. The van der Waals surface area contributed by atoms with Crippen molar-refractivity contribution in [1.82, 2.24) is 10.2 Å². The zero-order valence-corrected chi connectivity index (χ0v) is 14.9. The third-order valence-corrected chi connectivity index (χ3v) is 4.72. The van der Waals surface area contributed by atoms with E-state index in [1.807, 2.05) is 42.5 Å². The van der Waals surface area contributed by atoms with Crippen molar-refractivity contribution in [3.63, 3.8) is 0 Å².